The van der Waals surface area contributed by atoms with Crippen LogP contribution in [0.3, 0.4) is 0 Å². The molecule has 0 radical (unpaired) electrons. The Labute approximate surface area is 99.1 Å². The molecular formula is C10H15O6P. The van der Waals surface area contributed by atoms with E-state index in [1.807, 2.05) is 0 Å². The summed E-state index contributed by atoms with van der Waals surface area (Å²) in [7, 11) is -3.24. The smallest absolute Gasteiger partial charge is 0.338 e. The van der Waals surface area contributed by atoms with Gasteiger partial charge < -0.3 is 18.6 Å². The number of hydrogen-bond donors (Lipinski definition) is 1. The third kappa shape index (κ3) is 4.00. The van der Waals surface area contributed by atoms with Crippen molar-refractivity contribution in [2.75, 3.05) is 13.2 Å². The molecule has 0 saturated heterocycles. The first kappa shape index (κ1) is 14.0. The van der Waals surface area contributed by atoms with Gasteiger partial charge in [-0.2, -0.15) is 0 Å². The lowest BCUT2D eigenvalue weighted by Crippen LogP contribution is -1.98. The van der Waals surface area contributed by atoms with E-state index in [-0.39, 0.29) is 30.7 Å². The van der Waals surface area contributed by atoms with Gasteiger partial charge in [0.2, 0.25) is 0 Å². The molecule has 0 aromatic carbocycles. The lowest BCUT2D eigenvalue weighted by molar-refractivity contribution is 0.0696. The van der Waals surface area contributed by atoms with E-state index in [2.05, 4.69) is 0 Å². The van der Waals surface area contributed by atoms with Gasteiger partial charge in [0.25, 0.3) is 0 Å². The first-order chi connectivity index (χ1) is 8.00. The van der Waals surface area contributed by atoms with E-state index in [1.165, 1.54) is 6.07 Å². The molecule has 17 heavy (non-hydrogen) atoms. The highest BCUT2D eigenvalue weighted by Crippen LogP contribution is 2.51. The fourth-order valence-electron chi connectivity index (χ4n) is 1.29. The van der Waals surface area contributed by atoms with Crippen LogP contribution in [0.15, 0.2) is 16.7 Å². The number of rotatable bonds is 7. The Morgan fingerprint density at radius 2 is 2.00 bits per heavy atom. The number of furan rings is 1. The summed E-state index contributed by atoms with van der Waals surface area (Å²) in [5, 5.41) is 8.71. The zero-order valence-electron chi connectivity index (χ0n) is 9.71. The van der Waals surface area contributed by atoms with Crippen molar-refractivity contribution >= 4 is 13.6 Å². The zero-order chi connectivity index (χ0) is 12.9. The van der Waals surface area contributed by atoms with Crippen molar-refractivity contribution in [2.45, 2.75) is 20.0 Å². The molecule has 1 aromatic heterocycles. The average Bonchev–Trinajstić information content (AvgIpc) is 2.66. The van der Waals surface area contributed by atoms with E-state index >= 15 is 0 Å². The van der Waals surface area contributed by atoms with Gasteiger partial charge in [-0.05, 0) is 19.9 Å². The standard InChI is InChI=1S/C10H15O6P/c1-3-15-17(13,16-4-2)7-9-5-8(6-14-9)10(11)12/h5-6H,3-4,7H2,1-2H3,(H,11,12). The van der Waals surface area contributed by atoms with Gasteiger partial charge in [0.15, 0.2) is 0 Å². The first-order valence-electron chi connectivity index (χ1n) is 5.19. The maximum atomic E-state index is 12.1. The van der Waals surface area contributed by atoms with Crippen molar-refractivity contribution in [1.82, 2.24) is 0 Å². The van der Waals surface area contributed by atoms with Crippen LogP contribution in [0.1, 0.15) is 30.0 Å². The monoisotopic (exact) mass is 262 g/mol. The van der Waals surface area contributed by atoms with Crippen LogP contribution in [-0.4, -0.2) is 24.3 Å². The highest BCUT2D eigenvalue weighted by molar-refractivity contribution is 7.53. The van der Waals surface area contributed by atoms with Crippen molar-refractivity contribution in [3.05, 3.63) is 23.7 Å². The average molecular weight is 262 g/mol. The van der Waals surface area contributed by atoms with Crippen molar-refractivity contribution in [2.24, 2.45) is 0 Å². The van der Waals surface area contributed by atoms with Gasteiger partial charge in [0, 0.05) is 0 Å². The van der Waals surface area contributed by atoms with Gasteiger partial charge in [-0.3, -0.25) is 4.57 Å². The van der Waals surface area contributed by atoms with E-state index in [0.29, 0.717) is 0 Å². The summed E-state index contributed by atoms with van der Waals surface area (Å²) in [4.78, 5) is 10.6. The molecule has 6 nitrogen and oxygen atoms in total. The second-order valence-electron chi connectivity index (χ2n) is 3.21. The Hall–Kier alpha value is -1.10. The summed E-state index contributed by atoms with van der Waals surface area (Å²) in [6, 6.07) is 1.31. The minimum atomic E-state index is -3.24. The van der Waals surface area contributed by atoms with Crippen molar-refractivity contribution in [3.63, 3.8) is 0 Å². The van der Waals surface area contributed by atoms with Gasteiger partial charge >= 0.3 is 13.6 Å². The molecule has 0 aliphatic rings. The molecule has 0 aliphatic carbocycles. The topological polar surface area (TPSA) is 86.0 Å². The van der Waals surface area contributed by atoms with Crippen LogP contribution in [0.4, 0.5) is 0 Å². The van der Waals surface area contributed by atoms with Crippen molar-refractivity contribution in [3.8, 4) is 0 Å². The highest BCUT2D eigenvalue weighted by Gasteiger charge is 2.26. The molecule has 1 N–H and O–H groups in total. The molecule has 1 heterocycles. The van der Waals surface area contributed by atoms with Gasteiger partial charge in [-0.25, -0.2) is 4.79 Å². The molecule has 1 rings (SSSR count). The van der Waals surface area contributed by atoms with E-state index in [0.717, 1.165) is 6.26 Å². The second kappa shape index (κ2) is 6.00. The maximum absolute atomic E-state index is 12.1. The third-order valence-electron chi connectivity index (χ3n) is 1.90. The normalized spacial score (nSPS) is 11.6. The van der Waals surface area contributed by atoms with Gasteiger partial charge in [0.05, 0.1) is 18.8 Å². The quantitative estimate of drug-likeness (QED) is 0.760. The highest BCUT2D eigenvalue weighted by atomic mass is 31.2. The number of hydrogen-bond acceptors (Lipinski definition) is 5. The second-order valence-corrected chi connectivity index (χ2v) is 5.27. The molecule has 0 unspecified atom stereocenters. The Morgan fingerprint density at radius 3 is 2.41 bits per heavy atom. The minimum absolute atomic E-state index is 0.0135. The summed E-state index contributed by atoms with van der Waals surface area (Å²) in [5.74, 6) is -0.824. The molecule has 0 amide bonds. The largest absolute Gasteiger partial charge is 0.478 e. The van der Waals surface area contributed by atoms with E-state index in [4.69, 9.17) is 18.6 Å². The molecule has 0 saturated carbocycles. The number of carboxylic acid groups (broad SMARTS) is 1. The molecular weight excluding hydrogens is 247 g/mol. The summed E-state index contributed by atoms with van der Waals surface area (Å²) in [5.41, 5.74) is 0.0135. The molecule has 7 heteroatoms. The third-order valence-corrected chi connectivity index (χ3v) is 3.90. The van der Waals surface area contributed by atoms with E-state index < -0.39 is 13.6 Å². The van der Waals surface area contributed by atoms with E-state index in [1.54, 1.807) is 13.8 Å². The Balaban J connectivity index is 2.78. The molecule has 96 valence electrons. The van der Waals surface area contributed by atoms with Crippen LogP contribution in [0.5, 0.6) is 0 Å². The summed E-state index contributed by atoms with van der Waals surface area (Å²) in [6.45, 7) is 3.92. The summed E-state index contributed by atoms with van der Waals surface area (Å²) in [6.07, 6.45) is 1.03. The van der Waals surface area contributed by atoms with Crippen LogP contribution in [0, 0.1) is 0 Å². The van der Waals surface area contributed by atoms with Crippen LogP contribution < -0.4 is 0 Å². The molecule has 0 fully saturated rings. The molecule has 1 aromatic rings. The van der Waals surface area contributed by atoms with Gasteiger partial charge in [-0.15, -0.1) is 0 Å². The van der Waals surface area contributed by atoms with Crippen LogP contribution in [0.2, 0.25) is 0 Å². The SMILES string of the molecule is CCOP(=O)(Cc1cc(C(=O)O)co1)OCC. The Kier molecular flexibility index (Phi) is 4.93. The fourth-order valence-corrected chi connectivity index (χ4v) is 2.88. The first-order valence-corrected chi connectivity index (χ1v) is 6.92. The van der Waals surface area contributed by atoms with Gasteiger partial charge in [-0.1, -0.05) is 0 Å². The lowest BCUT2D eigenvalue weighted by Gasteiger charge is -2.15. The number of aromatic carboxylic acids is 1. The number of carboxylic acids is 1. The summed E-state index contributed by atoms with van der Waals surface area (Å²) < 4.78 is 27.2. The lowest BCUT2D eigenvalue weighted by atomic mass is 10.3. The number of carbonyl (C=O) groups is 1. The molecule has 0 atom stereocenters. The van der Waals surface area contributed by atoms with Crippen LogP contribution >= 0.6 is 7.60 Å². The maximum Gasteiger partial charge on any atom is 0.338 e. The van der Waals surface area contributed by atoms with E-state index in [9.17, 15) is 9.36 Å². The predicted octanol–water partition coefficient (Wildman–Crippen LogP) is 2.74. The molecule has 0 aliphatic heterocycles. The van der Waals surface area contributed by atoms with Crippen LogP contribution in [0.25, 0.3) is 0 Å². The predicted molar refractivity (Wildman–Crippen MR) is 60.2 cm³/mol. The minimum Gasteiger partial charge on any atom is -0.478 e. The molecule has 0 bridgehead atoms. The Morgan fingerprint density at radius 1 is 1.41 bits per heavy atom. The fraction of sp³-hybridized carbons (Fsp3) is 0.500. The van der Waals surface area contributed by atoms with Crippen molar-refractivity contribution in [1.29, 1.82) is 0 Å². The zero-order valence-corrected chi connectivity index (χ0v) is 10.6. The van der Waals surface area contributed by atoms with Crippen LogP contribution in [-0.2, 0) is 19.8 Å². The van der Waals surface area contributed by atoms with Crippen molar-refractivity contribution < 1.29 is 27.9 Å². The van der Waals surface area contributed by atoms with Gasteiger partial charge in [0.1, 0.15) is 18.2 Å². The summed E-state index contributed by atoms with van der Waals surface area (Å²) >= 11 is 0. The Bertz CT molecular complexity index is 414. The molecule has 0 spiro atoms.